The van der Waals surface area contributed by atoms with Gasteiger partial charge in [-0.15, -0.1) is 0 Å². The maximum atomic E-state index is 12.7. The monoisotopic (exact) mass is 300 g/mol. The molecule has 120 valence electrons. The molecule has 21 heavy (non-hydrogen) atoms. The van der Waals surface area contributed by atoms with Crippen molar-refractivity contribution in [2.75, 3.05) is 52.6 Å². The lowest BCUT2D eigenvalue weighted by atomic mass is 10.0. The summed E-state index contributed by atoms with van der Waals surface area (Å²) in [5, 5.41) is 10.2. The maximum Gasteiger partial charge on any atom is 0.0972 e. The molecule has 0 aromatic heterocycles. The van der Waals surface area contributed by atoms with E-state index in [0.29, 0.717) is 32.6 Å². The molecule has 2 aliphatic heterocycles. The average molecular weight is 300 g/mol. The van der Waals surface area contributed by atoms with Crippen LogP contribution in [-0.4, -0.2) is 73.6 Å². The van der Waals surface area contributed by atoms with Crippen molar-refractivity contribution >= 4 is 0 Å². The molecule has 1 N–H and O–H groups in total. The van der Waals surface area contributed by atoms with Crippen LogP contribution in [0.25, 0.3) is 0 Å². The van der Waals surface area contributed by atoms with E-state index in [4.69, 9.17) is 0 Å². The highest BCUT2D eigenvalue weighted by molar-refractivity contribution is 5.11. The average Bonchev–Trinajstić information content (AvgIpc) is 2.93. The molecule has 5 heteroatoms. The molecule has 0 bridgehead atoms. The second-order valence-electron chi connectivity index (χ2n) is 6.38. The van der Waals surface area contributed by atoms with Gasteiger partial charge in [0, 0.05) is 45.2 Å². The van der Waals surface area contributed by atoms with Crippen LogP contribution < -0.4 is 0 Å². The number of nitrogens with zero attached hydrogens (tertiary/aromatic N) is 2. The molecule has 2 saturated heterocycles. The minimum atomic E-state index is -0.479. The van der Waals surface area contributed by atoms with Crippen LogP contribution in [0.1, 0.15) is 6.42 Å². The molecule has 2 aliphatic rings. The molecule has 0 aliphatic carbocycles. The van der Waals surface area contributed by atoms with E-state index < -0.39 is 6.10 Å². The molecule has 2 fully saturated rings. The molecule has 0 amide bonds. The summed E-state index contributed by atoms with van der Waals surface area (Å²) in [7, 11) is 0. The largest absolute Gasteiger partial charge is 0.390 e. The van der Waals surface area contributed by atoms with Crippen molar-refractivity contribution < 1.29 is 13.9 Å². The summed E-state index contributed by atoms with van der Waals surface area (Å²) in [5.74, 6) is 0.127. The third-order valence-electron chi connectivity index (χ3n) is 4.55. The second kappa shape index (κ2) is 7.47. The van der Waals surface area contributed by atoms with Crippen molar-refractivity contribution in [1.82, 2.24) is 9.80 Å². The first-order chi connectivity index (χ1) is 10.0. The van der Waals surface area contributed by atoms with Gasteiger partial charge in [0.25, 0.3) is 0 Å². The van der Waals surface area contributed by atoms with Crippen LogP contribution in [0.3, 0.4) is 0 Å². The van der Waals surface area contributed by atoms with Gasteiger partial charge in [-0.05, 0) is 12.3 Å². The number of β-amino-alcohol motifs (C(OH)–C–C–N with tert-alkyl or cyclic N) is 1. The Balaban J connectivity index is 1.74. The van der Waals surface area contributed by atoms with Gasteiger partial charge in [-0.25, -0.2) is 0 Å². The number of rotatable bonds is 7. The first kappa shape index (κ1) is 16.6. The van der Waals surface area contributed by atoms with Gasteiger partial charge in [0.05, 0.1) is 19.5 Å². The van der Waals surface area contributed by atoms with Crippen LogP contribution in [-0.2, 0) is 0 Å². The van der Waals surface area contributed by atoms with E-state index in [9.17, 15) is 13.9 Å². The fourth-order valence-corrected chi connectivity index (χ4v) is 3.36. The van der Waals surface area contributed by atoms with Crippen LogP contribution in [0.5, 0.6) is 0 Å². The zero-order valence-electron chi connectivity index (χ0n) is 12.6. The molecule has 0 saturated carbocycles. The summed E-state index contributed by atoms with van der Waals surface area (Å²) in [5.41, 5.74) is 1.98. The van der Waals surface area contributed by atoms with Gasteiger partial charge in [-0.3, -0.25) is 18.6 Å². The summed E-state index contributed by atoms with van der Waals surface area (Å²) < 4.78 is 25.2. The van der Waals surface area contributed by atoms with Crippen molar-refractivity contribution in [3.05, 3.63) is 24.3 Å². The molecular weight excluding hydrogens is 274 g/mol. The van der Waals surface area contributed by atoms with Crippen molar-refractivity contribution in [3.63, 3.8) is 0 Å². The number of alkyl halides is 2. The van der Waals surface area contributed by atoms with E-state index in [1.54, 1.807) is 0 Å². The summed E-state index contributed by atoms with van der Waals surface area (Å²) in [6.07, 6.45) is 0.0447. The highest BCUT2D eigenvalue weighted by Crippen LogP contribution is 2.25. The standard InChI is InChI=1S/C16H26F2N2O/c1-12-6-19(8-14(12)3-4-17)10-16(21)11-20-7-13(2)15(5-18)9-20/h14-16,21H,1-11H2. The van der Waals surface area contributed by atoms with E-state index in [-0.39, 0.29) is 25.2 Å². The van der Waals surface area contributed by atoms with Crippen LogP contribution >= 0.6 is 0 Å². The van der Waals surface area contributed by atoms with Crippen molar-refractivity contribution in [2.24, 2.45) is 11.8 Å². The van der Waals surface area contributed by atoms with Gasteiger partial charge >= 0.3 is 0 Å². The fourth-order valence-electron chi connectivity index (χ4n) is 3.36. The highest BCUT2D eigenvalue weighted by Gasteiger charge is 2.30. The minimum absolute atomic E-state index is 0.0855. The summed E-state index contributed by atoms with van der Waals surface area (Å²) >= 11 is 0. The fraction of sp³-hybridized carbons (Fsp3) is 0.750. The van der Waals surface area contributed by atoms with Crippen molar-refractivity contribution in [3.8, 4) is 0 Å². The Labute approximate surface area is 125 Å². The molecule has 0 aromatic rings. The molecule has 3 atom stereocenters. The van der Waals surface area contributed by atoms with Crippen LogP contribution in [0.2, 0.25) is 0 Å². The normalized spacial score (nSPS) is 29.5. The first-order valence-corrected chi connectivity index (χ1v) is 7.63. The third kappa shape index (κ3) is 4.34. The quantitative estimate of drug-likeness (QED) is 0.724. The molecule has 3 nitrogen and oxygen atoms in total. The summed E-state index contributed by atoms with van der Waals surface area (Å²) in [6.45, 7) is 11.1. The van der Waals surface area contributed by atoms with E-state index in [1.807, 2.05) is 0 Å². The molecule has 0 spiro atoms. The van der Waals surface area contributed by atoms with E-state index in [1.165, 1.54) is 0 Å². The lowest BCUT2D eigenvalue weighted by Gasteiger charge is -2.24. The van der Waals surface area contributed by atoms with E-state index in [0.717, 1.165) is 24.2 Å². The Hall–Kier alpha value is -0.780. The minimum Gasteiger partial charge on any atom is -0.390 e. The van der Waals surface area contributed by atoms with Crippen LogP contribution in [0.4, 0.5) is 8.78 Å². The number of likely N-dealkylation sites (tertiary alicyclic amines) is 2. The van der Waals surface area contributed by atoms with Gasteiger partial charge < -0.3 is 5.11 Å². The van der Waals surface area contributed by atoms with Crippen LogP contribution in [0, 0.1) is 11.8 Å². The van der Waals surface area contributed by atoms with Crippen LogP contribution in [0.15, 0.2) is 24.3 Å². The van der Waals surface area contributed by atoms with Gasteiger partial charge in [-0.2, -0.15) is 0 Å². The Morgan fingerprint density at radius 3 is 2.05 bits per heavy atom. The SMILES string of the molecule is C=C1CN(CC(O)CN2CC(=C)C(CCF)C2)CC1CF. The Morgan fingerprint density at radius 1 is 1.05 bits per heavy atom. The first-order valence-electron chi connectivity index (χ1n) is 7.63. The summed E-state index contributed by atoms with van der Waals surface area (Å²) in [4.78, 5) is 4.19. The second-order valence-corrected chi connectivity index (χ2v) is 6.38. The summed E-state index contributed by atoms with van der Waals surface area (Å²) in [6, 6.07) is 0. The molecule has 3 unspecified atom stereocenters. The molecule has 2 rings (SSSR count). The molecule has 0 aromatic carbocycles. The molecular formula is C16H26F2N2O. The molecule has 0 radical (unpaired) electrons. The Kier molecular flexibility index (Phi) is 5.90. The predicted molar refractivity (Wildman–Crippen MR) is 80.7 cm³/mol. The predicted octanol–water partition coefficient (Wildman–Crippen LogP) is 1.65. The van der Waals surface area contributed by atoms with Gasteiger partial charge in [0.2, 0.25) is 0 Å². The van der Waals surface area contributed by atoms with E-state index in [2.05, 4.69) is 23.0 Å². The van der Waals surface area contributed by atoms with Gasteiger partial charge in [0.15, 0.2) is 0 Å². The van der Waals surface area contributed by atoms with Gasteiger partial charge in [-0.1, -0.05) is 24.3 Å². The highest BCUT2D eigenvalue weighted by atomic mass is 19.1. The number of hydrogen-bond acceptors (Lipinski definition) is 3. The smallest absolute Gasteiger partial charge is 0.0972 e. The zero-order valence-corrected chi connectivity index (χ0v) is 12.6. The number of halogens is 2. The Bertz CT molecular complexity index is 388. The topological polar surface area (TPSA) is 26.7 Å². The number of aliphatic hydroxyl groups excluding tert-OH is 1. The lowest BCUT2D eigenvalue weighted by molar-refractivity contribution is 0.0874. The van der Waals surface area contributed by atoms with Crippen molar-refractivity contribution in [2.45, 2.75) is 12.5 Å². The van der Waals surface area contributed by atoms with Gasteiger partial charge in [0.1, 0.15) is 0 Å². The third-order valence-corrected chi connectivity index (χ3v) is 4.55. The zero-order chi connectivity index (χ0) is 15.4. The number of aliphatic hydroxyl groups is 1. The number of hydrogen-bond donors (Lipinski definition) is 1. The molecule has 2 heterocycles. The Morgan fingerprint density at radius 2 is 1.57 bits per heavy atom. The lowest BCUT2D eigenvalue weighted by Crippen LogP contribution is -2.39. The van der Waals surface area contributed by atoms with E-state index >= 15 is 0 Å². The van der Waals surface area contributed by atoms with Crippen molar-refractivity contribution in [1.29, 1.82) is 0 Å². The maximum absolute atomic E-state index is 12.7.